The van der Waals surface area contributed by atoms with Gasteiger partial charge in [0.05, 0.1) is 24.6 Å². The first-order valence-electron chi connectivity index (χ1n) is 6.48. The lowest BCUT2D eigenvalue weighted by Crippen LogP contribution is -2.36. The van der Waals surface area contributed by atoms with Crippen LogP contribution in [-0.4, -0.2) is 36.6 Å². The summed E-state index contributed by atoms with van der Waals surface area (Å²) in [4.78, 5) is 15.0. The Morgan fingerprint density at radius 3 is 2.80 bits per heavy atom. The van der Waals surface area contributed by atoms with Crippen LogP contribution in [0.25, 0.3) is 0 Å². The van der Waals surface area contributed by atoms with Gasteiger partial charge in [-0.3, -0.25) is 4.79 Å². The number of nitrogens with zero attached hydrogens (tertiary/aromatic N) is 2. The molecular formula is C14H15N3O2S. The van der Waals surface area contributed by atoms with Crippen molar-refractivity contribution < 1.29 is 9.53 Å². The molecule has 0 saturated carbocycles. The van der Waals surface area contributed by atoms with Gasteiger partial charge in [-0.1, -0.05) is 12.1 Å². The van der Waals surface area contributed by atoms with Crippen molar-refractivity contribution in [2.45, 2.75) is 0 Å². The van der Waals surface area contributed by atoms with E-state index in [4.69, 9.17) is 4.74 Å². The molecule has 104 valence electrons. The summed E-state index contributed by atoms with van der Waals surface area (Å²) in [6.45, 7) is 3.12. The number of hydrogen-bond acceptors (Lipinski definition) is 5. The number of aromatic nitrogens is 1. The molecule has 1 fully saturated rings. The lowest BCUT2D eigenvalue weighted by molar-refractivity contribution is 0.103. The number of benzene rings is 1. The highest BCUT2D eigenvalue weighted by Gasteiger charge is 2.16. The van der Waals surface area contributed by atoms with Crippen molar-refractivity contribution in [2.24, 2.45) is 0 Å². The molecule has 3 rings (SSSR count). The van der Waals surface area contributed by atoms with Crippen molar-refractivity contribution >= 4 is 28.8 Å². The fourth-order valence-corrected chi connectivity index (χ4v) is 2.67. The maximum atomic E-state index is 12.1. The van der Waals surface area contributed by atoms with Crippen LogP contribution in [0.1, 0.15) is 9.67 Å². The SMILES string of the molecule is O=C(Nc1ccccc1N1CCOCC1)c1ccns1. The first-order chi connectivity index (χ1) is 9.84. The van der Waals surface area contributed by atoms with Gasteiger partial charge in [-0.15, -0.1) is 0 Å². The van der Waals surface area contributed by atoms with Gasteiger partial charge in [0.25, 0.3) is 5.91 Å². The fourth-order valence-electron chi connectivity index (χ4n) is 2.18. The van der Waals surface area contributed by atoms with E-state index in [2.05, 4.69) is 14.6 Å². The van der Waals surface area contributed by atoms with Gasteiger partial charge in [0.1, 0.15) is 4.88 Å². The van der Waals surface area contributed by atoms with Crippen molar-refractivity contribution in [1.82, 2.24) is 4.37 Å². The molecule has 0 spiro atoms. The topological polar surface area (TPSA) is 54.5 Å². The highest BCUT2D eigenvalue weighted by molar-refractivity contribution is 7.08. The molecule has 1 aliphatic heterocycles. The summed E-state index contributed by atoms with van der Waals surface area (Å²) in [5.74, 6) is -0.117. The minimum Gasteiger partial charge on any atom is -0.378 e. The molecule has 6 heteroatoms. The van der Waals surface area contributed by atoms with Crippen LogP contribution in [0.4, 0.5) is 11.4 Å². The van der Waals surface area contributed by atoms with Crippen LogP contribution in [0.15, 0.2) is 36.5 Å². The summed E-state index contributed by atoms with van der Waals surface area (Å²) in [5.41, 5.74) is 1.86. The van der Waals surface area contributed by atoms with Crippen molar-refractivity contribution in [3.8, 4) is 0 Å². The highest BCUT2D eigenvalue weighted by atomic mass is 32.1. The minimum atomic E-state index is -0.117. The summed E-state index contributed by atoms with van der Waals surface area (Å²) in [5, 5.41) is 2.96. The molecule has 5 nitrogen and oxygen atoms in total. The summed E-state index contributed by atoms with van der Waals surface area (Å²) in [6.07, 6.45) is 1.63. The van der Waals surface area contributed by atoms with Crippen LogP contribution >= 0.6 is 11.5 Å². The molecule has 20 heavy (non-hydrogen) atoms. The average molecular weight is 289 g/mol. The minimum absolute atomic E-state index is 0.117. The number of carbonyl (C=O) groups is 1. The average Bonchev–Trinajstić information content (AvgIpc) is 3.03. The van der Waals surface area contributed by atoms with Crippen molar-refractivity contribution in [2.75, 3.05) is 36.5 Å². The molecular weight excluding hydrogens is 274 g/mol. The van der Waals surface area contributed by atoms with E-state index in [9.17, 15) is 4.79 Å². The molecule has 2 aromatic rings. The Balaban J connectivity index is 1.80. The van der Waals surface area contributed by atoms with Crippen molar-refractivity contribution in [3.05, 3.63) is 41.4 Å². The molecule has 1 aromatic carbocycles. The summed E-state index contributed by atoms with van der Waals surface area (Å²) in [6, 6.07) is 9.56. The lowest BCUT2D eigenvalue weighted by atomic mass is 10.2. The number of ether oxygens (including phenoxy) is 1. The molecule has 2 heterocycles. The maximum Gasteiger partial charge on any atom is 0.267 e. The van der Waals surface area contributed by atoms with E-state index < -0.39 is 0 Å². The smallest absolute Gasteiger partial charge is 0.267 e. The number of amides is 1. The van der Waals surface area contributed by atoms with Gasteiger partial charge in [0.2, 0.25) is 0 Å². The Morgan fingerprint density at radius 2 is 2.05 bits per heavy atom. The molecule has 0 bridgehead atoms. The van der Waals surface area contributed by atoms with Crippen LogP contribution in [0.5, 0.6) is 0 Å². The maximum absolute atomic E-state index is 12.1. The van der Waals surface area contributed by atoms with Gasteiger partial charge >= 0.3 is 0 Å². The van der Waals surface area contributed by atoms with E-state index >= 15 is 0 Å². The number of para-hydroxylation sites is 2. The largest absolute Gasteiger partial charge is 0.378 e. The van der Waals surface area contributed by atoms with Gasteiger partial charge in [-0.2, -0.15) is 0 Å². The lowest BCUT2D eigenvalue weighted by Gasteiger charge is -2.30. The normalized spacial score (nSPS) is 15.1. The monoisotopic (exact) mass is 289 g/mol. The van der Waals surface area contributed by atoms with Crippen LogP contribution in [0, 0.1) is 0 Å². The first-order valence-corrected chi connectivity index (χ1v) is 7.26. The quantitative estimate of drug-likeness (QED) is 0.941. The second-order valence-electron chi connectivity index (χ2n) is 4.45. The van der Waals surface area contributed by atoms with Crippen LogP contribution in [0.2, 0.25) is 0 Å². The fraction of sp³-hybridized carbons (Fsp3) is 0.286. The number of anilines is 2. The molecule has 0 atom stereocenters. The molecule has 1 aliphatic rings. The van der Waals surface area contributed by atoms with Gasteiger partial charge < -0.3 is 15.0 Å². The third-order valence-corrected chi connectivity index (χ3v) is 3.91. The molecule has 1 amide bonds. The summed E-state index contributed by atoms with van der Waals surface area (Å²) in [7, 11) is 0. The molecule has 0 aliphatic carbocycles. The Morgan fingerprint density at radius 1 is 1.25 bits per heavy atom. The number of carbonyl (C=O) groups excluding carboxylic acids is 1. The molecule has 0 radical (unpaired) electrons. The molecule has 1 saturated heterocycles. The summed E-state index contributed by atoms with van der Waals surface area (Å²) >= 11 is 1.20. The van der Waals surface area contributed by atoms with Crippen LogP contribution in [0.3, 0.4) is 0 Å². The van der Waals surface area contributed by atoms with Gasteiger partial charge in [-0.25, -0.2) is 4.37 Å². The third-order valence-electron chi connectivity index (χ3n) is 3.17. The Hall–Kier alpha value is -1.92. The number of morpholine rings is 1. The van der Waals surface area contributed by atoms with E-state index in [1.165, 1.54) is 11.5 Å². The number of nitrogens with one attached hydrogen (secondary N) is 1. The zero-order valence-corrected chi connectivity index (χ0v) is 11.7. The molecule has 0 unspecified atom stereocenters. The molecule has 1 aromatic heterocycles. The number of hydrogen-bond donors (Lipinski definition) is 1. The van der Waals surface area contributed by atoms with Crippen LogP contribution in [-0.2, 0) is 4.74 Å². The van der Waals surface area contributed by atoms with Gasteiger partial charge in [-0.05, 0) is 29.7 Å². The third kappa shape index (κ3) is 2.81. The number of rotatable bonds is 3. The Bertz CT molecular complexity index is 580. The second kappa shape index (κ2) is 6.02. The second-order valence-corrected chi connectivity index (χ2v) is 5.28. The predicted molar refractivity (Wildman–Crippen MR) is 79.5 cm³/mol. The Labute approximate surface area is 121 Å². The summed E-state index contributed by atoms with van der Waals surface area (Å²) < 4.78 is 9.32. The zero-order valence-electron chi connectivity index (χ0n) is 10.9. The standard InChI is InChI=1S/C14H15N3O2S/c18-14(13-5-6-15-20-13)16-11-3-1-2-4-12(11)17-7-9-19-10-8-17/h1-6H,7-10H2,(H,16,18). The van der Waals surface area contributed by atoms with Gasteiger partial charge in [0, 0.05) is 19.3 Å². The molecule has 1 N–H and O–H groups in total. The Kier molecular flexibility index (Phi) is 3.94. The van der Waals surface area contributed by atoms with Crippen molar-refractivity contribution in [1.29, 1.82) is 0 Å². The predicted octanol–water partition coefficient (Wildman–Crippen LogP) is 2.23. The van der Waals surface area contributed by atoms with E-state index in [0.717, 1.165) is 37.7 Å². The van der Waals surface area contributed by atoms with Gasteiger partial charge in [0.15, 0.2) is 0 Å². The van der Waals surface area contributed by atoms with E-state index in [-0.39, 0.29) is 5.91 Å². The first kappa shape index (κ1) is 13.1. The highest BCUT2D eigenvalue weighted by Crippen LogP contribution is 2.27. The van der Waals surface area contributed by atoms with E-state index in [1.54, 1.807) is 12.3 Å². The van der Waals surface area contributed by atoms with E-state index in [0.29, 0.717) is 4.88 Å². The zero-order chi connectivity index (χ0) is 13.8. The van der Waals surface area contributed by atoms with Crippen LogP contribution < -0.4 is 10.2 Å². The van der Waals surface area contributed by atoms with E-state index in [1.807, 2.05) is 24.3 Å². The van der Waals surface area contributed by atoms with Crippen molar-refractivity contribution in [3.63, 3.8) is 0 Å².